The van der Waals surface area contributed by atoms with Crippen molar-refractivity contribution in [3.63, 3.8) is 0 Å². The first-order valence-corrected chi connectivity index (χ1v) is 7.96. The summed E-state index contributed by atoms with van der Waals surface area (Å²) < 4.78 is 26.2. The largest absolute Gasteiger partial charge is 0.381 e. The highest BCUT2D eigenvalue weighted by atomic mass is 19.1. The fourth-order valence-corrected chi connectivity index (χ4v) is 2.69. The van der Waals surface area contributed by atoms with E-state index in [-0.39, 0.29) is 6.54 Å². The summed E-state index contributed by atoms with van der Waals surface area (Å²) in [5, 5.41) is 17.9. The lowest BCUT2D eigenvalue weighted by Gasteiger charge is -2.34. The molecular formula is C18H17F2N3O3. The van der Waals surface area contributed by atoms with Gasteiger partial charge in [0.1, 0.15) is 23.8 Å². The number of rotatable bonds is 4. The van der Waals surface area contributed by atoms with Gasteiger partial charge in [-0.15, -0.1) is 0 Å². The van der Waals surface area contributed by atoms with Crippen LogP contribution in [0, 0.1) is 11.6 Å². The lowest BCUT2D eigenvalue weighted by atomic mass is 10.0. The summed E-state index contributed by atoms with van der Waals surface area (Å²) in [6, 6.07) is 9.91. The maximum absolute atomic E-state index is 13.2. The van der Waals surface area contributed by atoms with Crippen molar-refractivity contribution in [2.45, 2.75) is 24.9 Å². The predicted molar refractivity (Wildman–Crippen MR) is 88.5 cm³/mol. The Morgan fingerprint density at radius 3 is 2.54 bits per heavy atom. The Kier molecular flexibility index (Phi) is 5.24. The van der Waals surface area contributed by atoms with Gasteiger partial charge in [0.15, 0.2) is 6.10 Å². The van der Waals surface area contributed by atoms with Gasteiger partial charge in [0.2, 0.25) is 5.91 Å². The van der Waals surface area contributed by atoms with Crippen LogP contribution in [0.4, 0.5) is 8.78 Å². The van der Waals surface area contributed by atoms with E-state index in [0.29, 0.717) is 11.1 Å². The topological polar surface area (TPSA) is 90.5 Å². The number of nitrogens with one attached hydrogen (secondary N) is 3. The number of carbonyl (C=O) groups excluding carboxylic acids is 2. The fraction of sp³-hybridized carbons (Fsp3) is 0.222. The molecule has 0 saturated carbocycles. The van der Waals surface area contributed by atoms with Crippen molar-refractivity contribution in [2.24, 2.45) is 0 Å². The summed E-state index contributed by atoms with van der Waals surface area (Å²) in [4.78, 5) is 24.3. The lowest BCUT2D eigenvalue weighted by Crippen LogP contribution is -2.64. The van der Waals surface area contributed by atoms with E-state index in [1.54, 1.807) is 6.07 Å². The van der Waals surface area contributed by atoms with Crippen molar-refractivity contribution >= 4 is 11.8 Å². The van der Waals surface area contributed by atoms with Gasteiger partial charge in [0.25, 0.3) is 5.91 Å². The van der Waals surface area contributed by atoms with Crippen LogP contribution in [-0.2, 0) is 16.1 Å². The first kappa shape index (κ1) is 18.0. The number of aliphatic hydroxyl groups is 1. The zero-order valence-electron chi connectivity index (χ0n) is 13.6. The average molecular weight is 361 g/mol. The highest BCUT2D eigenvalue weighted by Gasteiger charge is 2.39. The Hall–Kier alpha value is -2.84. The van der Waals surface area contributed by atoms with Crippen LogP contribution in [0.2, 0.25) is 0 Å². The summed E-state index contributed by atoms with van der Waals surface area (Å²) in [7, 11) is 0. The van der Waals surface area contributed by atoms with Crippen molar-refractivity contribution in [1.82, 2.24) is 16.0 Å². The summed E-state index contributed by atoms with van der Waals surface area (Å²) in [5.41, 5.74) is 1.08. The van der Waals surface area contributed by atoms with Crippen LogP contribution < -0.4 is 16.0 Å². The smallest absolute Gasteiger partial charge is 0.252 e. The molecule has 0 aliphatic carbocycles. The fourth-order valence-electron chi connectivity index (χ4n) is 2.69. The molecule has 0 bridgehead atoms. The third kappa shape index (κ3) is 4.04. The molecule has 8 heteroatoms. The number of halogens is 2. The molecule has 0 aromatic heterocycles. The SMILES string of the molecule is O=C1NC(c2ccc(F)cc2)NC(C(=O)NCc2cccc(F)c2)C1O. The van der Waals surface area contributed by atoms with Crippen molar-refractivity contribution in [3.05, 3.63) is 71.3 Å². The Bertz CT molecular complexity index is 814. The molecule has 1 heterocycles. The Morgan fingerprint density at radius 2 is 1.85 bits per heavy atom. The minimum atomic E-state index is -1.58. The van der Waals surface area contributed by atoms with Crippen LogP contribution in [0.25, 0.3) is 0 Å². The highest BCUT2D eigenvalue weighted by molar-refractivity contribution is 5.93. The molecule has 0 spiro atoms. The first-order chi connectivity index (χ1) is 12.4. The van der Waals surface area contributed by atoms with Crippen LogP contribution in [0.15, 0.2) is 48.5 Å². The lowest BCUT2D eigenvalue weighted by molar-refractivity contribution is -0.142. The second-order valence-corrected chi connectivity index (χ2v) is 5.93. The second kappa shape index (κ2) is 7.59. The number of carbonyl (C=O) groups is 2. The molecule has 2 aromatic carbocycles. The van der Waals surface area contributed by atoms with E-state index in [9.17, 15) is 23.5 Å². The molecule has 3 atom stereocenters. The number of hydrogen-bond acceptors (Lipinski definition) is 4. The monoisotopic (exact) mass is 361 g/mol. The molecule has 1 saturated heterocycles. The van der Waals surface area contributed by atoms with Gasteiger partial charge < -0.3 is 15.7 Å². The summed E-state index contributed by atoms with van der Waals surface area (Å²) >= 11 is 0. The average Bonchev–Trinajstić information content (AvgIpc) is 2.62. The molecule has 2 amide bonds. The van der Waals surface area contributed by atoms with Gasteiger partial charge in [-0.2, -0.15) is 0 Å². The molecule has 1 aliphatic rings. The molecule has 1 fully saturated rings. The number of aliphatic hydroxyl groups excluding tert-OH is 1. The molecule has 0 radical (unpaired) electrons. The Balaban J connectivity index is 1.69. The Morgan fingerprint density at radius 1 is 1.12 bits per heavy atom. The molecule has 6 nitrogen and oxygen atoms in total. The number of benzene rings is 2. The molecular weight excluding hydrogens is 344 g/mol. The summed E-state index contributed by atoms with van der Waals surface area (Å²) in [6.07, 6.45) is -2.34. The third-order valence-corrected chi connectivity index (χ3v) is 4.06. The van der Waals surface area contributed by atoms with Gasteiger partial charge in [-0.25, -0.2) is 8.78 Å². The van der Waals surface area contributed by atoms with Gasteiger partial charge in [0.05, 0.1) is 0 Å². The van der Waals surface area contributed by atoms with Gasteiger partial charge >= 0.3 is 0 Å². The van der Waals surface area contributed by atoms with Crippen LogP contribution in [0.1, 0.15) is 17.3 Å². The molecule has 4 N–H and O–H groups in total. The predicted octanol–water partition coefficient (Wildman–Crippen LogP) is 0.729. The van der Waals surface area contributed by atoms with E-state index in [1.807, 2.05) is 0 Å². The van der Waals surface area contributed by atoms with Crippen molar-refractivity contribution < 1.29 is 23.5 Å². The normalized spacial score (nSPS) is 22.6. The summed E-state index contributed by atoms with van der Waals surface area (Å²) in [5.74, 6) is -2.18. The van der Waals surface area contributed by atoms with Crippen molar-refractivity contribution in [1.29, 1.82) is 0 Å². The van der Waals surface area contributed by atoms with Gasteiger partial charge in [-0.1, -0.05) is 24.3 Å². The molecule has 2 aromatic rings. The maximum Gasteiger partial charge on any atom is 0.252 e. The minimum absolute atomic E-state index is 0.0460. The minimum Gasteiger partial charge on any atom is -0.381 e. The van der Waals surface area contributed by atoms with E-state index in [0.717, 1.165) is 0 Å². The van der Waals surface area contributed by atoms with Crippen molar-refractivity contribution in [3.8, 4) is 0 Å². The standard InChI is InChI=1S/C18H17F2N3O3/c19-12-6-4-11(5-7-12)16-22-14(15(24)18(26)23-16)17(25)21-9-10-2-1-3-13(20)8-10/h1-8,14-16,22,24H,9H2,(H,21,25)(H,23,26). The molecule has 1 aliphatic heterocycles. The van der Waals surface area contributed by atoms with Gasteiger partial charge in [-0.05, 0) is 35.4 Å². The van der Waals surface area contributed by atoms with E-state index >= 15 is 0 Å². The van der Waals surface area contributed by atoms with Gasteiger partial charge in [0, 0.05) is 6.54 Å². The molecule has 3 unspecified atom stereocenters. The van der Waals surface area contributed by atoms with Crippen LogP contribution >= 0.6 is 0 Å². The second-order valence-electron chi connectivity index (χ2n) is 5.93. The number of hydrogen-bond donors (Lipinski definition) is 4. The van der Waals surface area contributed by atoms with Crippen LogP contribution in [-0.4, -0.2) is 29.1 Å². The third-order valence-electron chi connectivity index (χ3n) is 4.06. The molecule has 26 heavy (non-hydrogen) atoms. The van der Waals surface area contributed by atoms with Gasteiger partial charge in [-0.3, -0.25) is 14.9 Å². The highest BCUT2D eigenvalue weighted by Crippen LogP contribution is 2.17. The van der Waals surface area contributed by atoms with Crippen LogP contribution in [0.3, 0.4) is 0 Å². The van der Waals surface area contributed by atoms with E-state index in [1.165, 1.54) is 42.5 Å². The Labute approximate surface area is 148 Å². The summed E-state index contributed by atoms with van der Waals surface area (Å²) in [6.45, 7) is 0.0460. The van der Waals surface area contributed by atoms with Crippen LogP contribution in [0.5, 0.6) is 0 Å². The zero-order valence-corrected chi connectivity index (χ0v) is 13.6. The van der Waals surface area contributed by atoms with E-state index < -0.39 is 41.8 Å². The molecule has 3 rings (SSSR count). The maximum atomic E-state index is 13.2. The quantitative estimate of drug-likeness (QED) is 0.646. The molecule has 136 valence electrons. The zero-order chi connectivity index (χ0) is 18.7. The van der Waals surface area contributed by atoms with E-state index in [4.69, 9.17) is 0 Å². The first-order valence-electron chi connectivity index (χ1n) is 7.96. The number of amides is 2. The van der Waals surface area contributed by atoms with E-state index in [2.05, 4.69) is 16.0 Å². The van der Waals surface area contributed by atoms with Crippen molar-refractivity contribution in [2.75, 3.05) is 0 Å².